The summed E-state index contributed by atoms with van der Waals surface area (Å²) in [6.45, 7) is 23.1. The molecule has 7 aromatic heterocycles. The number of aliphatic hydroxyl groups excluding tert-OH is 2. The molecule has 56 heteroatoms. The molecule has 0 saturated carbocycles. The summed E-state index contributed by atoms with van der Waals surface area (Å²) in [4.78, 5) is 189. The zero-order chi connectivity index (χ0) is 102. The largest absolute Gasteiger partial charge is 0.394 e. The molecule has 9 N–H and O–H groups in total. The van der Waals surface area contributed by atoms with Crippen molar-refractivity contribution in [1.82, 2.24) is 66.9 Å². The number of H-pyrrole nitrogens is 7. The number of terminal acetylenes is 4. The summed E-state index contributed by atoms with van der Waals surface area (Å²) in [7, 11) is 2.21. The van der Waals surface area contributed by atoms with Gasteiger partial charge in [0.25, 0.3) is 27.8 Å². The van der Waals surface area contributed by atoms with Crippen molar-refractivity contribution in [2.75, 3.05) is 13.2 Å². The number of nitrogens with one attached hydrogen (secondary N) is 7. The van der Waals surface area contributed by atoms with Gasteiger partial charge in [-0.05, 0) is 64.1 Å². The Bertz CT molecular complexity index is 6780. The van der Waals surface area contributed by atoms with Crippen molar-refractivity contribution in [1.29, 1.82) is 0 Å². The Morgan fingerprint density at radius 1 is 0.400 bits per heavy atom. The molecule has 140 heavy (non-hydrogen) atoms. The molecular weight excluding hydrogens is 2130 g/mol. The van der Waals surface area contributed by atoms with Gasteiger partial charge in [-0.25, -0.2) is 53.5 Å². The number of aliphatic hydroxyl groups is 2. The van der Waals surface area contributed by atoms with Crippen molar-refractivity contribution in [2.45, 2.75) is 254 Å². The van der Waals surface area contributed by atoms with Crippen LogP contribution in [-0.2, 0) is 103 Å². The number of alkyl halides is 2. The van der Waals surface area contributed by atoms with Gasteiger partial charge in [-0.3, -0.25) is 114 Å². The second-order valence-corrected chi connectivity index (χ2v) is 31.7. The fourth-order valence-electron chi connectivity index (χ4n) is 15.2. The molecule has 7 aliphatic heterocycles. The quantitative estimate of drug-likeness (QED) is 0.00894. The minimum absolute atomic E-state index is 0. The maximum atomic E-state index is 13.6. The zero-order valence-corrected chi connectivity index (χ0v) is 84.8. The average Bonchev–Trinajstić information content (AvgIpc) is 1.66. The van der Waals surface area contributed by atoms with Crippen molar-refractivity contribution in [2.24, 2.45) is 20.5 Å². The number of allylic oxidation sites excluding steroid dienone is 2. The maximum Gasteiger partial charge on any atom is 0.330 e. The van der Waals surface area contributed by atoms with E-state index in [4.69, 9.17) is 104 Å². The molecule has 14 rings (SSSR count). The molecular formula is C84H94F2IN26O24PY2-2. The minimum Gasteiger partial charge on any atom is -0.394 e. The Balaban J connectivity index is 0.000000250. The summed E-state index contributed by atoms with van der Waals surface area (Å²) < 4.78 is 82.5. The molecule has 0 bridgehead atoms. The van der Waals surface area contributed by atoms with Gasteiger partial charge in [0, 0.05) is 193 Å². The third-order valence-corrected chi connectivity index (χ3v) is 22.9. The van der Waals surface area contributed by atoms with Crippen molar-refractivity contribution in [3.8, 4) is 59.2 Å². The monoisotopic (exact) mass is 2220 g/mol. The smallest absolute Gasteiger partial charge is 0.330 e. The van der Waals surface area contributed by atoms with Gasteiger partial charge in [0.2, 0.25) is 0 Å². The van der Waals surface area contributed by atoms with Gasteiger partial charge in [0.15, 0.2) is 11.1 Å². The number of halogens is 3. The van der Waals surface area contributed by atoms with Crippen molar-refractivity contribution in [3.05, 3.63) is 283 Å². The molecule has 50 nitrogen and oxygen atoms in total. The number of hydrogen-bond donors (Lipinski definition) is 9. The Morgan fingerprint density at radius 2 is 0.621 bits per heavy atom. The Morgan fingerprint density at radius 3 is 0.850 bits per heavy atom. The molecule has 22 atom stereocenters. The van der Waals surface area contributed by atoms with Crippen LogP contribution in [0.2, 0.25) is 0 Å². The van der Waals surface area contributed by atoms with E-state index in [9.17, 15) is 81.0 Å². The number of azide groups is 4. The normalized spacial score (nSPS) is 25.1. The number of nitrogens with zero attached hydrogens (tertiary/aromatic N) is 19. The van der Waals surface area contributed by atoms with E-state index >= 15 is 0 Å². The van der Waals surface area contributed by atoms with Crippen molar-refractivity contribution >= 4 is 43.2 Å². The fourth-order valence-corrected chi connectivity index (χ4v) is 15.8. The Hall–Kier alpha value is -11.9. The van der Waals surface area contributed by atoms with Gasteiger partial charge in [0.05, 0.1) is 86.2 Å². The number of rotatable bonds is 21. The molecule has 2 radical (unpaired) electrons. The van der Waals surface area contributed by atoms with Crippen LogP contribution in [0.5, 0.6) is 0 Å². The zero-order valence-electron chi connectivity index (χ0n) is 75.8. The van der Waals surface area contributed by atoms with Gasteiger partial charge in [-0.15, -0.1) is 25.7 Å². The van der Waals surface area contributed by atoms with E-state index in [0.29, 0.717) is 50.5 Å². The van der Waals surface area contributed by atoms with Crippen LogP contribution in [0.15, 0.2) is 131 Å². The van der Waals surface area contributed by atoms with Gasteiger partial charge in [-0.2, -0.15) is 0 Å². The van der Waals surface area contributed by atoms with E-state index in [0.717, 1.165) is 15.6 Å². The van der Waals surface area contributed by atoms with E-state index in [-0.39, 0.29) is 185 Å². The molecule has 7 fully saturated rings. The summed E-state index contributed by atoms with van der Waals surface area (Å²) in [6.07, 6.45) is 24.8. The Labute approximate surface area is 855 Å². The second kappa shape index (κ2) is 55.3. The molecule has 0 aliphatic carbocycles. The summed E-state index contributed by atoms with van der Waals surface area (Å²) in [5.74, 6) is 11.4. The van der Waals surface area contributed by atoms with E-state index in [2.05, 4.69) is 118 Å². The third kappa shape index (κ3) is 29.4. The maximum absolute atomic E-state index is 13.6. The molecule has 14 heterocycles. The number of aromatic nitrogens is 14. The summed E-state index contributed by atoms with van der Waals surface area (Å²) >= 11 is 1.80. The average molecular weight is 2230 g/mol. The van der Waals surface area contributed by atoms with Crippen LogP contribution in [0.25, 0.3) is 52.9 Å². The van der Waals surface area contributed by atoms with E-state index in [1.807, 2.05) is 34.6 Å². The molecule has 0 aromatic carbocycles. The van der Waals surface area contributed by atoms with Crippen LogP contribution in [0.4, 0.5) is 8.78 Å². The first kappa shape index (κ1) is 117. The van der Waals surface area contributed by atoms with Crippen molar-refractivity contribution < 1.29 is 122 Å². The van der Waals surface area contributed by atoms with Crippen LogP contribution >= 0.6 is 32.1 Å². The summed E-state index contributed by atoms with van der Waals surface area (Å²) in [5.41, 5.74) is 26.9. The topological polar surface area (TPSA) is 693 Å². The van der Waals surface area contributed by atoms with Gasteiger partial charge < -0.3 is 47.9 Å². The molecule has 738 valence electrons. The summed E-state index contributed by atoms with van der Waals surface area (Å²) in [6, 6.07) is -1.86. The van der Waals surface area contributed by atoms with Gasteiger partial charge in [0.1, 0.15) is 83.8 Å². The van der Waals surface area contributed by atoms with Gasteiger partial charge in [-0.1, -0.05) is 116 Å². The molecule has 7 aliphatic rings. The van der Waals surface area contributed by atoms with Crippen molar-refractivity contribution in [3.63, 3.8) is 0 Å². The third-order valence-electron chi connectivity index (χ3n) is 22.3. The van der Waals surface area contributed by atoms with Crippen LogP contribution in [0, 0.1) is 72.4 Å². The molecule has 0 spiro atoms. The van der Waals surface area contributed by atoms with E-state index < -0.39 is 171 Å². The van der Waals surface area contributed by atoms with Crippen LogP contribution in [0.3, 0.4) is 0 Å². The van der Waals surface area contributed by atoms with Crippen LogP contribution < -0.4 is 78.7 Å². The molecule has 0 amide bonds. The summed E-state index contributed by atoms with van der Waals surface area (Å²) in [5, 5.41) is 32.8. The van der Waals surface area contributed by atoms with E-state index in [1.54, 1.807) is 29.5 Å². The molecule has 7 saturated heterocycles. The van der Waals surface area contributed by atoms with E-state index in [1.165, 1.54) is 73.1 Å². The first-order valence-electron chi connectivity index (χ1n) is 42.1. The number of aromatic amines is 7. The first-order chi connectivity index (χ1) is 65.9. The molecule has 1 unspecified atom stereocenters. The predicted octanol–water partition coefficient (Wildman–Crippen LogP) is 4.71. The fraction of sp³-hybridized carbons (Fsp3) is 0.500. The van der Waals surface area contributed by atoms with Crippen LogP contribution in [-0.4, -0.2) is 176 Å². The van der Waals surface area contributed by atoms with Gasteiger partial charge >= 0.3 is 39.8 Å². The predicted molar refractivity (Wildman–Crippen MR) is 500 cm³/mol. The molecule has 7 aromatic rings. The second-order valence-electron chi connectivity index (χ2n) is 30.9. The standard InChI is InChI=1S/C13H16N5O3.C12H12FIN2O3.C12H13FN2O3.C12H14N5O4.C12H13N5O3.C12H15N2O4P.C11H11N5O4.2Y/c1-4-10-9(16-17-14)5-11(21-10)18-6-8(7(2)3)12(19)15-13(18)20;1-2-9-8(13)5-10(19-9)16-6-7(3-4-14)11(17)15-12(16)18;1-3-7-6-15(12(17)14-11(7)16)10-5-8(13)9(4-2)18-10;1-6(2)7-4-17(12(20)14-11(7)19)10-3-8(15-16-13)9(5-18)21-10;1-3-7-6-17(12(19)14-11(7)18)10-5-8(15-16-13)9(4-2)20-10;1-3-7-6-14(12(16)13-11(7)15)10-5-9(18-19)8(4-2)17-10;1-2-6-4-16(11(19)13-10(6)18)9-3-7(14-15-12)8(5-17)20-9;;/h2,6,9-11H,4-5H2,1,3H3,(H,15,19,20);6,8-10H,2,5H2,1H3,(H,15,17,18);1,6,8-10H,4-5H2,2H3,(H,14,16,17);1,4,8-10,18H,3,5H2,2H3,(H,14,19,20);1,6,8-10H,4-5H2,2H3,(H,14,18,19);1,6,8-10H,4-5,19H2,2H3,(H,13,15,16);1,4,7-9,17H,3,5H2,(H,13,18,19);;/q-1;;;-1;;;;;/t9-,10-,11-;5*8-,9-,10-;7-,8-,9-;;/m1111111../s1. The Kier molecular flexibility index (Phi) is 46.2. The SMILES string of the molecule is C#Cc1cn([C@H]2C[C@@H](F)[C@@H](CC)O2)c(=O)[nH]c1=O.C#Cc1cn([C@H]2C[C@@H](N=[N+]=[N-])[C@@H](CC)O2)c(=O)[nH]c1=O.C#Cc1cn([C@H]2C[C@@H](N=[N+]=[N-])[C@@H](CO)O2)c(=O)[nH]c1=O.C#Cc1cn([C@H]2C[C@@H](OP)[C@@H](CC)O2)c(=O)[nH]c1=O.CC[C@H]1O[C@@H](n2cc(C#CI)c(=O)[nH]c2=O)C[C@H]1F.[CH-]=C(C)c1cn([C@H]2C[C@@H](N=[N+]=[N-])[C@@H](CC)O2)c(=O)[nH]c1=O.[CH-]=C(C)c1cn([C@H]2C[C@@H](N=[N+]=[N-])[C@@H](CO)O2)c(=O)[nH]c1=O.[Y].[Y]. The first-order valence-corrected chi connectivity index (χ1v) is 43.7. The number of ether oxygens (including phenoxy) is 7. The number of hydrogen-bond acceptors (Lipinski definition) is 28. The van der Waals surface area contributed by atoms with Crippen LogP contribution in [0.1, 0.15) is 208 Å². The minimum atomic E-state index is -1.12.